The summed E-state index contributed by atoms with van der Waals surface area (Å²) >= 11 is 9.67. The van der Waals surface area contributed by atoms with Gasteiger partial charge in [0.1, 0.15) is 5.75 Å². The number of rotatable bonds is 4. The molecule has 1 atom stereocenters. The molecule has 2 aromatic carbocycles. The van der Waals surface area contributed by atoms with E-state index in [9.17, 15) is 0 Å². The van der Waals surface area contributed by atoms with Crippen LogP contribution in [0.4, 0.5) is 0 Å². The van der Waals surface area contributed by atoms with E-state index in [0.29, 0.717) is 5.02 Å². The molecule has 0 heterocycles. The van der Waals surface area contributed by atoms with Gasteiger partial charge < -0.3 is 10.1 Å². The topological polar surface area (TPSA) is 21.3 Å². The molecule has 0 aliphatic carbocycles. The first-order chi connectivity index (χ1) is 9.97. The lowest BCUT2D eigenvalue weighted by molar-refractivity contribution is 0.404. The molecule has 0 saturated carbocycles. The van der Waals surface area contributed by atoms with Gasteiger partial charge in [-0.25, -0.2) is 0 Å². The van der Waals surface area contributed by atoms with Gasteiger partial charge in [-0.3, -0.25) is 0 Å². The lowest BCUT2D eigenvalue weighted by atomic mass is 9.93. The van der Waals surface area contributed by atoms with Gasteiger partial charge in [0, 0.05) is 10.0 Å². The molecule has 2 rings (SSSR count). The van der Waals surface area contributed by atoms with E-state index in [4.69, 9.17) is 16.3 Å². The van der Waals surface area contributed by atoms with Gasteiger partial charge in [0.15, 0.2) is 0 Å². The Balaban J connectivity index is 2.58. The number of ether oxygens (including phenoxy) is 1. The van der Waals surface area contributed by atoms with Gasteiger partial charge in [0.05, 0.1) is 18.2 Å². The summed E-state index contributed by atoms with van der Waals surface area (Å²) in [4.78, 5) is 0. The number of hydrogen-bond acceptors (Lipinski definition) is 2. The van der Waals surface area contributed by atoms with Crippen molar-refractivity contribution >= 4 is 27.5 Å². The zero-order valence-corrected chi connectivity index (χ0v) is 15.0. The van der Waals surface area contributed by atoms with Crippen LogP contribution < -0.4 is 10.1 Å². The molecule has 2 nitrogen and oxygen atoms in total. The average Bonchev–Trinajstić information content (AvgIpc) is 2.45. The number of benzene rings is 2. The predicted molar refractivity (Wildman–Crippen MR) is 92.5 cm³/mol. The van der Waals surface area contributed by atoms with Crippen molar-refractivity contribution < 1.29 is 4.74 Å². The van der Waals surface area contributed by atoms with Crippen molar-refractivity contribution in [2.24, 2.45) is 0 Å². The van der Waals surface area contributed by atoms with E-state index in [1.807, 2.05) is 19.2 Å². The van der Waals surface area contributed by atoms with Crippen molar-refractivity contribution in [2.75, 3.05) is 14.2 Å². The zero-order chi connectivity index (χ0) is 15.6. The van der Waals surface area contributed by atoms with Crippen molar-refractivity contribution in [2.45, 2.75) is 19.9 Å². The van der Waals surface area contributed by atoms with E-state index in [2.05, 4.69) is 53.3 Å². The van der Waals surface area contributed by atoms with Crippen molar-refractivity contribution in [3.8, 4) is 5.75 Å². The maximum Gasteiger partial charge on any atom is 0.124 e. The smallest absolute Gasteiger partial charge is 0.124 e. The highest BCUT2D eigenvalue weighted by Crippen LogP contribution is 2.35. The number of halogens is 2. The second-order valence-electron chi connectivity index (χ2n) is 5.09. The highest BCUT2D eigenvalue weighted by atomic mass is 79.9. The summed E-state index contributed by atoms with van der Waals surface area (Å²) < 4.78 is 6.48. The van der Waals surface area contributed by atoms with Crippen LogP contribution in [0.1, 0.15) is 28.3 Å². The second-order valence-corrected chi connectivity index (χ2v) is 6.35. The molecule has 2 aromatic rings. The third-order valence-corrected chi connectivity index (χ3v) is 4.80. The summed E-state index contributed by atoms with van der Waals surface area (Å²) in [6.45, 7) is 4.18. The summed E-state index contributed by atoms with van der Waals surface area (Å²) in [7, 11) is 3.65. The SMILES string of the molecule is CNC(c1ccc(Br)c(Cl)c1)c1c(C)cc(C)cc1OC. The highest BCUT2D eigenvalue weighted by molar-refractivity contribution is 9.10. The van der Waals surface area contributed by atoms with E-state index in [-0.39, 0.29) is 6.04 Å². The Kier molecular flexibility index (Phi) is 5.31. The largest absolute Gasteiger partial charge is 0.496 e. The number of hydrogen-bond donors (Lipinski definition) is 1. The molecule has 4 heteroatoms. The molecule has 112 valence electrons. The Morgan fingerprint density at radius 3 is 2.48 bits per heavy atom. The molecule has 0 radical (unpaired) electrons. The number of nitrogens with one attached hydrogen (secondary N) is 1. The van der Waals surface area contributed by atoms with Crippen molar-refractivity contribution in [1.29, 1.82) is 0 Å². The van der Waals surface area contributed by atoms with Crippen molar-refractivity contribution in [1.82, 2.24) is 5.32 Å². The second kappa shape index (κ2) is 6.82. The number of methoxy groups -OCH3 is 1. The predicted octanol–water partition coefficient (Wildman–Crippen LogP) is 5.04. The van der Waals surface area contributed by atoms with Gasteiger partial charge in [-0.1, -0.05) is 23.7 Å². The summed E-state index contributed by atoms with van der Waals surface area (Å²) in [5, 5.41) is 4.07. The van der Waals surface area contributed by atoms with Crippen molar-refractivity contribution in [3.63, 3.8) is 0 Å². The molecule has 0 spiro atoms. The third-order valence-electron chi connectivity index (χ3n) is 3.57. The molecule has 0 fully saturated rings. The molecule has 1 N–H and O–H groups in total. The molecular formula is C17H19BrClNO. The minimum atomic E-state index is 0.0335. The van der Waals surface area contributed by atoms with Crippen LogP contribution in [0.25, 0.3) is 0 Å². The fourth-order valence-corrected chi connectivity index (χ4v) is 3.08. The zero-order valence-electron chi connectivity index (χ0n) is 12.6. The first kappa shape index (κ1) is 16.3. The standard InChI is InChI=1S/C17H19BrClNO/c1-10-7-11(2)16(15(8-10)21-4)17(20-3)12-5-6-13(18)14(19)9-12/h5-9,17,20H,1-4H3. The molecule has 0 aliphatic heterocycles. The summed E-state index contributed by atoms with van der Waals surface area (Å²) in [5.74, 6) is 0.894. The first-order valence-corrected chi connectivity index (χ1v) is 7.92. The van der Waals surface area contributed by atoms with E-state index >= 15 is 0 Å². The van der Waals surface area contributed by atoms with Gasteiger partial charge in [0.25, 0.3) is 0 Å². The van der Waals surface area contributed by atoms with E-state index in [0.717, 1.165) is 21.3 Å². The highest BCUT2D eigenvalue weighted by Gasteiger charge is 2.20. The quantitative estimate of drug-likeness (QED) is 0.816. The van der Waals surface area contributed by atoms with Gasteiger partial charge in [-0.15, -0.1) is 0 Å². The van der Waals surface area contributed by atoms with Gasteiger partial charge in [-0.05, 0) is 71.7 Å². The van der Waals surface area contributed by atoms with Gasteiger partial charge >= 0.3 is 0 Å². The summed E-state index contributed by atoms with van der Waals surface area (Å²) in [5.41, 5.74) is 4.64. The molecule has 21 heavy (non-hydrogen) atoms. The average molecular weight is 369 g/mol. The van der Waals surface area contributed by atoms with E-state index in [1.54, 1.807) is 7.11 Å². The lowest BCUT2D eigenvalue weighted by Gasteiger charge is -2.23. The Labute approximate surface area is 139 Å². The van der Waals surface area contributed by atoms with Crippen molar-refractivity contribution in [3.05, 3.63) is 62.1 Å². The van der Waals surface area contributed by atoms with Crippen LogP contribution in [0.15, 0.2) is 34.8 Å². The molecule has 0 aromatic heterocycles. The fourth-order valence-electron chi connectivity index (χ4n) is 2.65. The molecule has 0 bridgehead atoms. The molecule has 0 aliphatic rings. The Morgan fingerprint density at radius 2 is 1.90 bits per heavy atom. The monoisotopic (exact) mass is 367 g/mol. The van der Waals surface area contributed by atoms with Crippen LogP contribution >= 0.6 is 27.5 Å². The van der Waals surface area contributed by atoms with Crippen LogP contribution in [-0.2, 0) is 0 Å². The van der Waals surface area contributed by atoms with E-state index in [1.165, 1.54) is 11.1 Å². The minimum Gasteiger partial charge on any atom is -0.496 e. The maximum atomic E-state index is 6.24. The summed E-state index contributed by atoms with van der Waals surface area (Å²) in [6, 6.07) is 10.3. The van der Waals surface area contributed by atoms with E-state index < -0.39 is 0 Å². The molecular weight excluding hydrogens is 350 g/mol. The molecule has 0 saturated heterocycles. The minimum absolute atomic E-state index is 0.0335. The Morgan fingerprint density at radius 1 is 1.19 bits per heavy atom. The molecule has 0 amide bonds. The fraction of sp³-hybridized carbons (Fsp3) is 0.294. The van der Waals surface area contributed by atoms with Crippen LogP contribution in [-0.4, -0.2) is 14.2 Å². The van der Waals surface area contributed by atoms with Crippen LogP contribution in [0, 0.1) is 13.8 Å². The van der Waals surface area contributed by atoms with Gasteiger partial charge in [-0.2, -0.15) is 0 Å². The normalized spacial score (nSPS) is 12.3. The first-order valence-electron chi connectivity index (χ1n) is 6.75. The van der Waals surface area contributed by atoms with Crippen LogP contribution in [0.5, 0.6) is 5.75 Å². The third kappa shape index (κ3) is 3.42. The maximum absolute atomic E-state index is 6.24. The molecule has 1 unspecified atom stereocenters. The lowest BCUT2D eigenvalue weighted by Crippen LogP contribution is -2.19. The Bertz CT molecular complexity index is 657. The Hall–Kier alpha value is -1.03. The number of aryl methyl sites for hydroxylation is 2. The van der Waals surface area contributed by atoms with Gasteiger partial charge in [0.2, 0.25) is 0 Å². The van der Waals surface area contributed by atoms with Crippen LogP contribution in [0.2, 0.25) is 5.02 Å². The summed E-state index contributed by atoms with van der Waals surface area (Å²) in [6.07, 6.45) is 0. The van der Waals surface area contributed by atoms with Crippen LogP contribution in [0.3, 0.4) is 0 Å².